The number of benzene rings is 1. The largest absolute Gasteiger partial charge is 0.496 e. The molecular formula is C11H15F3OSi. The molecule has 1 rings (SSSR count). The van der Waals surface area contributed by atoms with Crippen LogP contribution in [-0.4, -0.2) is 15.2 Å². The molecule has 0 bridgehead atoms. The van der Waals surface area contributed by atoms with E-state index < -0.39 is 19.8 Å². The highest BCUT2D eigenvalue weighted by atomic mass is 28.3. The van der Waals surface area contributed by atoms with Gasteiger partial charge in [0.05, 0.1) is 20.7 Å². The number of hydrogen-bond donors (Lipinski definition) is 0. The maximum Gasteiger partial charge on any atom is 0.419 e. The summed E-state index contributed by atoms with van der Waals surface area (Å²) < 4.78 is 43.0. The number of methoxy groups -OCH3 is 1. The molecule has 1 aromatic carbocycles. The Bertz CT molecular complexity index is 380. The lowest BCUT2D eigenvalue weighted by Crippen LogP contribution is -2.38. The van der Waals surface area contributed by atoms with Crippen LogP contribution in [0.4, 0.5) is 13.2 Å². The Hall–Kier alpha value is -0.973. The predicted molar refractivity (Wildman–Crippen MR) is 61.0 cm³/mol. The van der Waals surface area contributed by atoms with Crippen LogP contribution < -0.4 is 9.92 Å². The molecule has 0 fully saturated rings. The lowest BCUT2D eigenvalue weighted by atomic mass is 10.2. The Balaban J connectivity index is 3.34. The Labute approximate surface area is 94.2 Å². The van der Waals surface area contributed by atoms with Gasteiger partial charge in [0.1, 0.15) is 5.75 Å². The number of hydrogen-bond acceptors (Lipinski definition) is 1. The van der Waals surface area contributed by atoms with Gasteiger partial charge in [-0.2, -0.15) is 13.2 Å². The van der Waals surface area contributed by atoms with Crippen LogP contribution in [0, 0.1) is 0 Å². The third-order valence-electron chi connectivity index (χ3n) is 2.37. The van der Waals surface area contributed by atoms with Gasteiger partial charge in [-0.3, -0.25) is 0 Å². The summed E-state index contributed by atoms with van der Waals surface area (Å²) >= 11 is 0. The van der Waals surface area contributed by atoms with Gasteiger partial charge in [0.15, 0.2) is 0 Å². The molecule has 90 valence electrons. The van der Waals surface area contributed by atoms with Crippen LogP contribution in [0.3, 0.4) is 0 Å². The summed E-state index contributed by atoms with van der Waals surface area (Å²) in [5.41, 5.74) is -0.685. The van der Waals surface area contributed by atoms with E-state index in [0.29, 0.717) is 0 Å². The number of rotatable bonds is 2. The summed E-state index contributed by atoms with van der Waals surface area (Å²) in [6.07, 6.45) is -4.36. The zero-order valence-electron chi connectivity index (χ0n) is 9.77. The zero-order chi connectivity index (χ0) is 12.6. The van der Waals surface area contributed by atoms with E-state index in [-0.39, 0.29) is 5.75 Å². The molecule has 0 unspecified atom stereocenters. The maximum atomic E-state index is 12.7. The van der Waals surface area contributed by atoms with Crippen LogP contribution >= 0.6 is 0 Å². The molecule has 0 amide bonds. The molecule has 0 saturated carbocycles. The van der Waals surface area contributed by atoms with E-state index >= 15 is 0 Å². The fourth-order valence-corrected chi connectivity index (χ4v) is 2.56. The van der Waals surface area contributed by atoms with Crippen molar-refractivity contribution in [2.45, 2.75) is 25.8 Å². The fraction of sp³-hybridized carbons (Fsp3) is 0.455. The molecule has 1 nitrogen and oxygen atoms in total. The standard InChI is InChI=1S/C11H15F3OSi/c1-15-10-6-5-8(16(2,3)4)7-9(10)11(12,13)14/h5-7H,1-4H3. The summed E-state index contributed by atoms with van der Waals surface area (Å²) in [7, 11) is -0.486. The topological polar surface area (TPSA) is 9.23 Å². The molecule has 0 aromatic heterocycles. The molecule has 16 heavy (non-hydrogen) atoms. The molecule has 0 aliphatic heterocycles. The minimum atomic E-state index is -4.36. The predicted octanol–water partition coefficient (Wildman–Crippen LogP) is 3.26. The fourth-order valence-electron chi connectivity index (χ4n) is 1.40. The van der Waals surface area contributed by atoms with Crippen molar-refractivity contribution < 1.29 is 17.9 Å². The van der Waals surface area contributed by atoms with Gasteiger partial charge >= 0.3 is 6.18 Å². The van der Waals surface area contributed by atoms with Crippen molar-refractivity contribution in [2.24, 2.45) is 0 Å². The highest BCUT2D eigenvalue weighted by Crippen LogP contribution is 2.35. The molecule has 0 N–H and O–H groups in total. The lowest BCUT2D eigenvalue weighted by Gasteiger charge is -2.20. The van der Waals surface area contributed by atoms with E-state index in [2.05, 4.69) is 0 Å². The van der Waals surface area contributed by atoms with E-state index in [1.165, 1.54) is 19.2 Å². The third kappa shape index (κ3) is 2.78. The van der Waals surface area contributed by atoms with Crippen molar-refractivity contribution in [1.82, 2.24) is 0 Å². The normalized spacial score (nSPS) is 12.7. The minimum absolute atomic E-state index is 0.116. The quantitative estimate of drug-likeness (QED) is 0.730. The first-order valence-corrected chi connectivity index (χ1v) is 8.42. The Morgan fingerprint density at radius 3 is 2.06 bits per heavy atom. The molecule has 0 saturated heterocycles. The van der Waals surface area contributed by atoms with Crippen molar-refractivity contribution in [1.29, 1.82) is 0 Å². The van der Waals surface area contributed by atoms with Gasteiger partial charge in [0, 0.05) is 0 Å². The summed E-state index contributed by atoms with van der Waals surface area (Å²) in [4.78, 5) is 0. The SMILES string of the molecule is COc1ccc([Si](C)(C)C)cc1C(F)(F)F. The van der Waals surface area contributed by atoms with Gasteiger partial charge in [-0.15, -0.1) is 0 Å². The molecule has 0 aliphatic rings. The summed E-state index contributed by atoms with van der Waals surface area (Å²) in [6, 6.07) is 4.34. The van der Waals surface area contributed by atoms with Gasteiger partial charge in [0.2, 0.25) is 0 Å². The van der Waals surface area contributed by atoms with Crippen LogP contribution in [0.5, 0.6) is 5.75 Å². The van der Waals surface area contributed by atoms with Gasteiger partial charge in [-0.25, -0.2) is 0 Å². The second-order valence-corrected chi connectivity index (χ2v) is 9.74. The van der Waals surface area contributed by atoms with E-state index in [0.717, 1.165) is 5.19 Å². The Kier molecular flexibility index (Phi) is 3.37. The number of alkyl halides is 3. The van der Waals surface area contributed by atoms with E-state index in [9.17, 15) is 13.2 Å². The maximum absolute atomic E-state index is 12.7. The van der Waals surface area contributed by atoms with E-state index in [1.54, 1.807) is 6.07 Å². The first-order valence-electron chi connectivity index (χ1n) is 4.92. The summed E-state index contributed by atoms with van der Waals surface area (Å²) in [6.45, 7) is 6.03. The first-order chi connectivity index (χ1) is 7.16. The van der Waals surface area contributed by atoms with E-state index in [4.69, 9.17) is 4.74 Å². The first kappa shape index (κ1) is 13.1. The Morgan fingerprint density at radius 2 is 1.69 bits per heavy atom. The molecular weight excluding hydrogens is 233 g/mol. The average molecular weight is 248 g/mol. The van der Waals surface area contributed by atoms with Crippen molar-refractivity contribution in [3.05, 3.63) is 23.8 Å². The van der Waals surface area contributed by atoms with Crippen LogP contribution in [-0.2, 0) is 6.18 Å². The van der Waals surface area contributed by atoms with Crippen molar-refractivity contribution in [3.63, 3.8) is 0 Å². The third-order valence-corrected chi connectivity index (χ3v) is 4.41. The van der Waals surface area contributed by atoms with Crippen LogP contribution in [0.15, 0.2) is 18.2 Å². The van der Waals surface area contributed by atoms with Gasteiger partial charge in [-0.1, -0.05) is 30.9 Å². The molecule has 0 atom stereocenters. The molecule has 0 spiro atoms. The lowest BCUT2D eigenvalue weighted by molar-refractivity contribution is -0.138. The van der Waals surface area contributed by atoms with Crippen LogP contribution in [0.1, 0.15) is 5.56 Å². The summed E-state index contributed by atoms with van der Waals surface area (Å²) in [5.74, 6) is -0.116. The highest BCUT2D eigenvalue weighted by molar-refractivity contribution is 6.88. The Morgan fingerprint density at radius 1 is 1.12 bits per heavy atom. The average Bonchev–Trinajstić information content (AvgIpc) is 2.14. The molecule has 5 heteroatoms. The zero-order valence-corrected chi connectivity index (χ0v) is 10.8. The monoisotopic (exact) mass is 248 g/mol. The number of halogens is 3. The van der Waals surface area contributed by atoms with Gasteiger partial charge in [0.25, 0.3) is 0 Å². The molecule has 1 aromatic rings. The van der Waals surface area contributed by atoms with Crippen LogP contribution in [0.25, 0.3) is 0 Å². The van der Waals surface area contributed by atoms with Crippen molar-refractivity contribution >= 4 is 13.3 Å². The van der Waals surface area contributed by atoms with Crippen molar-refractivity contribution in [3.8, 4) is 5.75 Å². The van der Waals surface area contributed by atoms with Gasteiger partial charge in [-0.05, 0) is 12.1 Å². The highest BCUT2D eigenvalue weighted by Gasteiger charge is 2.35. The second kappa shape index (κ2) is 4.12. The van der Waals surface area contributed by atoms with Crippen molar-refractivity contribution in [2.75, 3.05) is 7.11 Å². The number of ether oxygens (including phenoxy) is 1. The molecule has 0 aliphatic carbocycles. The summed E-state index contributed by atoms with van der Waals surface area (Å²) in [5, 5.41) is 0.778. The minimum Gasteiger partial charge on any atom is -0.496 e. The van der Waals surface area contributed by atoms with Gasteiger partial charge < -0.3 is 4.74 Å². The van der Waals surface area contributed by atoms with Crippen LogP contribution in [0.2, 0.25) is 19.6 Å². The second-order valence-electron chi connectivity index (χ2n) is 4.66. The van der Waals surface area contributed by atoms with E-state index in [1.807, 2.05) is 19.6 Å². The molecule has 0 radical (unpaired) electrons. The smallest absolute Gasteiger partial charge is 0.419 e. The molecule has 0 heterocycles.